The van der Waals surface area contributed by atoms with Gasteiger partial charge >= 0.3 is 0 Å². The van der Waals surface area contributed by atoms with Gasteiger partial charge in [0.25, 0.3) is 0 Å². The van der Waals surface area contributed by atoms with Gasteiger partial charge in [-0.05, 0) is 101 Å². The van der Waals surface area contributed by atoms with Crippen LogP contribution >= 0.6 is 0 Å². The Morgan fingerprint density at radius 1 is 1.13 bits per heavy atom. The van der Waals surface area contributed by atoms with Crippen molar-refractivity contribution in [3.63, 3.8) is 0 Å². The van der Waals surface area contributed by atoms with Crippen LogP contribution in [0.4, 0.5) is 0 Å². The van der Waals surface area contributed by atoms with Gasteiger partial charge < -0.3 is 14.9 Å². The minimum absolute atomic E-state index is 0.0336. The zero-order valence-electron chi connectivity index (χ0n) is 18.6. The molecule has 166 valence electrons. The van der Waals surface area contributed by atoms with Gasteiger partial charge in [-0.25, -0.2) is 0 Å². The molecule has 4 saturated carbocycles. The highest BCUT2D eigenvalue weighted by atomic mass is 16.5. The molecule has 1 amide bonds. The highest BCUT2D eigenvalue weighted by Gasteiger charge is 2.53. The number of carbonyl (C=O) groups is 1. The first kappa shape index (κ1) is 20.7. The van der Waals surface area contributed by atoms with Crippen molar-refractivity contribution in [2.45, 2.75) is 70.8 Å². The van der Waals surface area contributed by atoms with Gasteiger partial charge in [0.1, 0.15) is 5.76 Å². The highest BCUT2D eigenvalue weighted by molar-refractivity contribution is 5.84. The van der Waals surface area contributed by atoms with E-state index in [0.29, 0.717) is 18.6 Å². The molecule has 2 aromatic rings. The Kier molecular flexibility index (Phi) is 5.16. The topological polar surface area (TPSA) is 88.2 Å². The van der Waals surface area contributed by atoms with Gasteiger partial charge in [0.05, 0.1) is 17.7 Å². The molecule has 6 rings (SSSR count). The van der Waals surface area contributed by atoms with Crippen molar-refractivity contribution < 1.29 is 14.4 Å². The maximum absolute atomic E-state index is 14.0. The quantitative estimate of drug-likeness (QED) is 0.711. The van der Waals surface area contributed by atoms with Gasteiger partial charge in [0.2, 0.25) is 5.91 Å². The lowest BCUT2D eigenvalue weighted by Gasteiger charge is -2.57. The van der Waals surface area contributed by atoms with E-state index in [0.717, 1.165) is 53.8 Å². The minimum Gasteiger partial charge on any atom is -0.395 e. The van der Waals surface area contributed by atoms with E-state index in [1.54, 1.807) is 12.4 Å². The Morgan fingerprint density at radius 3 is 2.26 bits per heavy atom. The summed E-state index contributed by atoms with van der Waals surface area (Å²) in [5.41, 5.74) is 1.64. The summed E-state index contributed by atoms with van der Waals surface area (Å²) >= 11 is 0. The van der Waals surface area contributed by atoms with Gasteiger partial charge in [-0.3, -0.25) is 9.78 Å². The molecule has 1 atom stereocenters. The van der Waals surface area contributed by atoms with Crippen LogP contribution in [0.2, 0.25) is 0 Å². The van der Waals surface area contributed by atoms with E-state index in [2.05, 4.69) is 15.5 Å². The zero-order chi connectivity index (χ0) is 21.6. The molecule has 2 aromatic heterocycles. The monoisotopic (exact) mass is 423 g/mol. The van der Waals surface area contributed by atoms with Crippen LogP contribution in [-0.4, -0.2) is 33.3 Å². The van der Waals surface area contributed by atoms with Crippen LogP contribution < -0.4 is 5.32 Å². The number of aromatic nitrogens is 2. The van der Waals surface area contributed by atoms with Crippen LogP contribution in [0, 0.1) is 37.0 Å². The van der Waals surface area contributed by atoms with Crippen LogP contribution in [0.25, 0.3) is 0 Å². The molecule has 6 nitrogen and oxygen atoms in total. The number of aryl methyl sites for hydroxylation is 2. The summed E-state index contributed by atoms with van der Waals surface area (Å²) < 4.78 is 5.38. The Bertz CT molecular complexity index is 899. The molecule has 4 aliphatic carbocycles. The summed E-state index contributed by atoms with van der Waals surface area (Å²) in [5.74, 6) is 2.93. The van der Waals surface area contributed by atoms with E-state index in [-0.39, 0.29) is 18.1 Å². The maximum atomic E-state index is 14.0. The van der Waals surface area contributed by atoms with E-state index in [1.165, 1.54) is 19.3 Å². The number of nitrogens with one attached hydrogen (secondary N) is 1. The third kappa shape index (κ3) is 3.79. The van der Waals surface area contributed by atoms with Crippen molar-refractivity contribution >= 4 is 5.91 Å². The zero-order valence-corrected chi connectivity index (χ0v) is 18.6. The predicted octanol–water partition coefficient (Wildman–Crippen LogP) is 3.54. The van der Waals surface area contributed by atoms with Crippen LogP contribution in [0.1, 0.15) is 61.1 Å². The Labute approximate surface area is 183 Å². The molecule has 0 aromatic carbocycles. The predicted molar refractivity (Wildman–Crippen MR) is 116 cm³/mol. The fourth-order valence-electron chi connectivity index (χ4n) is 7.03. The Morgan fingerprint density at radius 2 is 1.74 bits per heavy atom. The molecule has 1 unspecified atom stereocenters. The van der Waals surface area contributed by atoms with Gasteiger partial charge in [-0.15, -0.1) is 0 Å². The van der Waals surface area contributed by atoms with E-state index in [4.69, 9.17) is 4.52 Å². The highest BCUT2D eigenvalue weighted by Crippen LogP contribution is 2.55. The summed E-state index contributed by atoms with van der Waals surface area (Å²) in [6.07, 6.45) is 11.6. The van der Waals surface area contributed by atoms with Crippen molar-refractivity contribution in [2.75, 3.05) is 6.61 Å². The number of amides is 1. The molecule has 0 spiro atoms. The number of hydrogen-bond acceptors (Lipinski definition) is 5. The molecule has 2 N–H and O–H groups in total. The third-order valence-corrected chi connectivity index (χ3v) is 8.19. The molecular weight excluding hydrogens is 390 g/mol. The Hall–Kier alpha value is -2.21. The first-order valence-corrected chi connectivity index (χ1v) is 11.6. The number of aliphatic hydroxyl groups is 1. The lowest BCUT2D eigenvalue weighted by Crippen LogP contribution is -2.63. The number of rotatable bonds is 7. The first-order valence-electron chi connectivity index (χ1n) is 11.6. The smallest absolute Gasteiger partial charge is 0.229 e. The molecule has 0 saturated heterocycles. The summed E-state index contributed by atoms with van der Waals surface area (Å²) in [6, 6.07) is 3.85. The van der Waals surface area contributed by atoms with Gasteiger partial charge in [-0.2, -0.15) is 0 Å². The van der Waals surface area contributed by atoms with Crippen molar-refractivity contribution in [3.05, 3.63) is 47.1 Å². The summed E-state index contributed by atoms with van der Waals surface area (Å²) in [7, 11) is 0. The normalized spacial score (nSPS) is 30.9. The number of pyridine rings is 1. The van der Waals surface area contributed by atoms with Crippen LogP contribution in [-0.2, 0) is 17.6 Å². The lowest BCUT2D eigenvalue weighted by molar-refractivity contribution is -0.139. The van der Waals surface area contributed by atoms with E-state index < -0.39 is 5.41 Å². The fraction of sp³-hybridized carbons (Fsp3) is 0.640. The molecule has 4 aliphatic rings. The molecule has 2 heterocycles. The lowest BCUT2D eigenvalue weighted by atomic mass is 9.53. The average molecular weight is 424 g/mol. The standard InChI is InChI=1S/C25H33N3O3/c1-16-22(17(2)31-28-16)14-24(15-29,10-18-3-5-26-6-4-18)23(30)27-25-11-19-7-20(12-25)9-21(8-19)13-25/h3-6,19-21,29H,7-15H2,1-2H3,(H,27,30). The molecule has 0 radical (unpaired) electrons. The molecular formula is C25H33N3O3. The van der Waals surface area contributed by atoms with E-state index in [1.807, 2.05) is 26.0 Å². The number of aliphatic hydroxyl groups excluding tert-OH is 1. The molecule has 6 heteroatoms. The Balaban J connectivity index is 1.46. The second-order valence-electron chi connectivity index (χ2n) is 10.6. The van der Waals surface area contributed by atoms with Crippen LogP contribution in [0.3, 0.4) is 0 Å². The SMILES string of the molecule is Cc1noc(C)c1CC(CO)(Cc1ccncc1)C(=O)NC12CC3CC(CC(C3)C1)C2. The summed E-state index contributed by atoms with van der Waals surface area (Å²) in [6.45, 7) is 3.55. The second-order valence-corrected chi connectivity index (χ2v) is 10.6. The number of nitrogens with zero attached hydrogens (tertiary/aromatic N) is 2. The van der Waals surface area contributed by atoms with Crippen molar-refractivity contribution in [1.29, 1.82) is 0 Å². The average Bonchev–Trinajstić information content (AvgIpc) is 3.04. The molecule has 4 bridgehead atoms. The van der Waals surface area contributed by atoms with Crippen molar-refractivity contribution in [3.8, 4) is 0 Å². The van der Waals surface area contributed by atoms with Crippen LogP contribution in [0.5, 0.6) is 0 Å². The van der Waals surface area contributed by atoms with Gasteiger partial charge in [-0.1, -0.05) is 5.16 Å². The molecule has 31 heavy (non-hydrogen) atoms. The van der Waals surface area contributed by atoms with E-state index in [9.17, 15) is 9.90 Å². The second kappa shape index (κ2) is 7.73. The van der Waals surface area contributed by atoms with Gasteiger partial charge in [0, 0.05) is 23.5 Å². The van der Waals surface area contributed by atoms with E-state index >= 15 is 0 Å². The summed E-state index contributed by atoms with van der Waals surface area (Å²) in [4.78, 5) is 18.1. The minimum atomic E-state index is -0.967. The van der Waals surface area contributed by atoms with Crippen molar-refractivity contribution in [2.24, 2.45) is 23.2 Å². The summed E-state index contributed by atoms with van der Waals surface area (Å²) in [5, 5.41) is 18.3. The number of carbonyl (C=O) groups excluding carboxylic acids is 1. The maximum Gasteiger partial charge on any atom is 0.229 e. The third-order valence-electron chi connectivity index (χ3n) is 8.19. The van der Waals surface area contributed by atoms with Crippen molar-refractivity contribution in [1.82, 2.24) is 15.5 Å². The fourth-order valence-corrected chi connectivity index (χ4v) is 7.03. The van der Waals surface area contributed by atoms with Crippen LogP contribution in [0.15, 0.2) is 29.0 Å². The molecule has 4 fully saturated rings. The number of hydrogen-bond donors (Lipinski definition) is 2. The molecule has 0 aliphatic heterocycles. The first-order chi connectivity index (χ1) is 14.9. The van der Waals surface area contributed by atoms with Gasteiger partial charge in [0.15, 0.2) is 0 Å². The largest absolute Gasteiger partial charge is 0.395 e.